The largest absolute Gasteiger partial charge is 0.465 e. The average Bonchev–Trinajstić information content (AvgIpc) is 2.63. The van der Waals surface area contributed by atoms with E-state index in [1.54, 1.807) is 6.20 Å². The van der Waals surface area contributed by atoms with E-state index in [0.717, 1.165) is 35.2 Å². The number of aromatic nitrogens is 1. The quantitative estimate of drug-likeness (QED) is 0.604. The predicted molar refractivity (Wildman–Crippen MR) is 109 cm³/mol. The molecule has 1 aromatic rings. The molecule has 1 saturated carbocycles. The summed E-state index contributed by atoms with van der Waals surface area (Å²) in [5.74, 6) is 2.09. The fourth-order valence-corrected chi connectivity index (χ4v) is 5.12. The van der Waals surface area contributed by atoms with Gasteiger partial charge in [0.25, 0.3) is 0 Å². The van der Waals surface area contributed by atoms with E-state index >= 15 is 0 Å². The normalized spacial score (nSPS) is 23.7. The number of hydrogen-bond donors (Lipinski definition) is 0. The first kappa shape index (κ1) is 19.7. The molecule has 0 spiro atoms. The van der Waals surface area contributed by atoms with E-state index in [1.807, 2.05) is 6.07 Å². The number of nitrogens with zero attached hydrogens (tertiary/aromatic N) is 2. The second kappa shape index (κ2) is 8.28. The van der Waals surface area contributed by atoms with Crippen LogP contribution < -0.4 is 4.90 Å². The van der Waals surface area contributed by atoms with Crippen LogP contribution in [0.5, 0.6) is 0 Å². The number of carbonyl (C=O) groups excluding carboxylic acids is 1. The van der Waals surface area contributed by atoms with E-state index < -0.39 is 0 Å². The number of rotatable bonds is 4. The van der Waals surface area contributed by atoms with Gasteiger partial charge in [-0.3, -0.25) is 0 Å². The van der Waals surface area contributed by atoms with Crippen LogP contribution in [0.15, 0.2) is 16.7 Å². The number of halogens is 1. The van der Waals surface area contributed by atoms with Crippen molar-refractivity contribution in [3.8, 4) is 0 Å². The summed E-state index contributed by atoms with van der Waals surface area (Å²) in [6.07, 6.45) is 11.4. The molecule has 2 aliphatic rings. The highest BCUT2D eigenvalue weighted by Crippen LogP contribution is 2.43. The Hall–Kier alpha value is -1.10. The first-order chi connectivity index (χ1) is 12.4. The third-order valence-corrected chi connectivity index (χ3v) is 6.77. The molecule has 0 radical (unpaired) electrons. The van der Waals surface area contributed by atoms with Gasteiger partial charge in [0, 0.05) is 23.8 Å². The van der Waals surface area contributed by atoms with E-state index in [-0.39, 0.29) is 11.4 Å². The zero-order valence-electron chi connectivity index (χ0n) is 16.3. The Morgan fingerprint density at radius 1 is 1.31 bits per heavy atom. The van der Waals surface area contributed by atoms with Crippen molar-refractivity contribution in [3.63, 3.8) is 0 Å². The van der Waals surface area contributed by atoms with Crippen LogP contribution in [0.3, 0.4) is 0 Å². The molecule has 0 N–H and O–H groups in total. The Bertz CT molecular complexity index is 641. The molecule has 144 valence electrons. The lowest BCUT2D eigenvalue weighted by Gasteiger charge is -2.46. The van der Waals surface area contributed by atoms with Crippen molar-refractivity contribution in [1.82, 2.24) is 4.98 Å². The van der Waals surface area contributed by atoms with Gasteiger partial charge in [0.05, 0.1) is 7.11 Å². The number of carbonyl (C=O) groups is 1. The van der Waals surface area contributed by atoms with Crippen LogP contribution in [0, 0.1) is 17.3 Å². The molecular formula is C21H31BrN2O2. The summed E-state index contributed by atoms with van der Waals surface area (Å²) >= 11 is 3.42. The number of ether oxygens (including phenoxy) is 1. The standard InChI is InChI=1S/C21H31BrN2O2/c1-21(2)14-24(10-9-16(21)11-15-7-5-4-6-8-15)19-18(20(25)26-3)12-17(22)13-23-19/h12-13,15-16H,4-11,14H2,1-3H3. The van der Waals surface area contributed by atoms with Crippen molar-refractivity contribution in [1.29, 1.82) is 0 Å². The van der Waals surface area contributed by atoms with Gasteiger partial charge in [0.2, 0.25) is 0 Å². The summed E-state index contributed by atoms with van der Waals surface area (Å²) in [4.78, 5) is 19.0. The summed E-state index contributed by atoms with van der Waals surface area (Å²) in [5, 5.41) is 0. The van der Waals surface area contributed by atoms with Gasteiger partial charge in [0.1, 0.15) is 11.4 Å². The predicted octanol–water partition coefficient (Wildman–Crippen LogP) is 5.45. The van der Waals surface area contributed by atoms with Gasteiger partial charge in [-0.15, -0.1) is 0 Å². The maximum atomic E-state index is 12.2. The van der Waals surface area contributed by atoms with Crippen molar-refractivity contribution in [2.24, 2.45) is 17.3 Å². The summed E-state index contributed by atoms with van der Waals surface area (Å²) in [6, 6.07) is 1.81. The Morgan fingerprint density at radius 3 is 2.69 bits per heavy atom. The molecule has 4 nitrogen and oxygen atoms in total. The van der Waals surface area contributed by atoms with Crippen molar-refractivity contribution >= 4 is 27.7 Å². The summed E-state index contributed by atoms with van der Waals surface area (Å²) in [7, 11) is 1.42. The molecule has 1 saturated heterocycles. The smallest absolute Gasteiger partial charge is 0.341 e. The fourth-order valence-electron chi connectivity index (χ4n) is 4.79. The van der Waals surface area contributed by atoms with E-state index in [2.05, 4.69) is 39.7 Å². The lowest BCUT2D eigenvalue weighted by atomic mass is 9.68. The number of methoxy groups -OCH3 is 1. The van der Waals surface area contributed by atoms with Crippen LogP contribution in [0.1, 0.15) is 69.2 Å². The molecule has 1 aromatic heterocycles. The minimum Gasteiger partial charge on any atom is -0.465 e. The van der Waals surface area contributed by atoms with E-state index in [1.165, 1.54) is 52.1 Å². The SMILES string of the molecule is COC(=O)c1cc(Br)cnc1N1CCC(CC2CCCCC2)C(C)(C)C1. The molecule has 0 amide bonds. The minimum atomic E-state index is -0.323. The number of esters is 1. The number of piperidine rings is 1. The van der Waals surface area contributed by atoms with Crippen LogP contribution in [-0.2, 0) is 4.74 Å². The fraction of sp³-hybridized carbons (Fsp3) is 0.714. The number of anilines is 1. The molecule has 1 aliphatic carbocycles. The van der Waals surface area contributed by atoms with Crippen LogP contribution in [0.4, 0.5) is 5.82 Å². The van der Waals surface area contributed by atoms with Crippen molar-refractivity contribution in [2.45, 2.75) is 58.8 Å². The van der Waals surface area contributed by atoms with Crippen molar-refractivity contribution in [3.05, 3.63) is 22.3 Å². The van der Waals surface area contributed by atoms with Crippen molar-refractivity contribution < 1.29 is 9.53 Å². The van der Waals surface area contributed by atoms with Gasteiger partial charge in [-0.25, -0.2) is 9.78 Å². The molecule has 26 heavy (non-hydrogen) atoms. The first-order valence-electron chi connectivity index (χ1n) is 9.89. The maximum Gasteiger partial charge on any atom is 0.341 e. The lowest BCUT2D eigenvalue weighted by Crippen LogP contribution is -2.47. The Morgan fingerprint density at radius 2 is 2.04 bits per heavy atom. The molecule has 5 heteroatoms. The average molecular weight is 423 g/mol. The summed E-state index contributed by atoms with van der Waals surface area (Å²) in [6.45, 7) is 6.65. The minimum absolute atomic E-state index is 0.220. The molecule has 1 atom stereocenters. The molecule has 2 fully saturated rings. The highest BCUT2D eigenvalue weighted by molar-refractivity contribution is 9.10. The highest BCUT2D eigenvalue weighted by atomic mass is 79.9. The Kier molecular flexibility index (Phi) is 6.26. The Balaban J connectivity index is 1.74. The van der Waals surface area contributed by atoms with Gasteiger partial charge in [0.15, 0.2) is 0 Å². The van der Waals surface area contributed by atoms with Gasteiger partial charge >= 0.3 is 5.97 Å². The molecule has 0 bridgehead atoms. The number of pyridine rings is 1. The monoisotopic (exact) mass is 422 g/mol. The van der Waals surface area contributed by atoms with Crippen LogP contribution in [0.25, 0.3) is 0 Å². The third kappa shape index (κ3) is 4.41. The molecule has 3 rings (SSSR count). The van der Waals surface area contributed by atoms with Gasteiger partial charge in [-0.1, -0.05) is 46.0 Å². The molecular weight excluding hydrogens is 392 g/mol. The first-order valence-corrected chi connectivity index (χ1v) is 10.7. The lowest BCUT2D eigenvalue weighted by molar-refractivity contribution is 0.0600. The topological polar surface area (TPSA) is 42.4 Å². The molecule has 0 aromatic carbocycles. The van der Waals surface area contributed by atoms with Crippen molar-refractivity contribution in [2.75, 3.05) is 25.1 Å². The molecule has 1 unspecified atom stereocenters. The zero-order valence-corrected chi connectivity index (χ0v) is 17.8. The van der Waals surface area contributed by atoms with Crippen LogP contribution in [0.2, 0.25) is 0 Å². The van der Waals surface area contributed by atoms with E-state index in [4.69, 9.17) is 4.74 Å². The van der Waals surface area contributed by atoms with E-state index in [9.17, 15) is 4.79 Å². The van der Waals surface area contributed by atoms with E-state index in [0.29, 0.717) is 5.56 Å². The highest BCUT2D eigenvalue weighted by Gasteiger charge is 2.38. The maximum absolute atomic E-state index is 12.2. The second-order valence-corrected chi connectivity index (χ2v) is 9.57. The third-order valence-electron chi connectivity index (χ3n) is 6.33. The van der Waals surface area contributed by atoms with Gasteiger partial charge in [-0.2, -0.15) is 0 Å². The van der Waals surface area contributed by atoms with Crippen LogP contribution >= 0.6 is 15.9 Å². The van der Waals surface area contributed by atoms with Gasteiger partial charge in [-0.05, 0) is 52.1 Å². The molecule has 2 heterocycles. The van der Waals surface area contributed by atoms with Gasteiger partial charge < -0.3 is 9.64 Å². The zero-order chi connectivity index (χ0) is 18.7. The molecule has 1 aliphatic heterocycles. The summed E-state index contributed by atoms with van der Waals surface area (Å²) < 4.78 is 5.77. The van der Waals surface area contributed by atoms with Crippen LogP contribution in [-0.4, -0.2) is 31.2 Å². The summed E-state index contributed by atoms with van der Waals surface area (Å²) in [5.41, 5.74) is 0.765. The second-order valence-electron chi connectivity index (χ2n) is 8.65. The Labute approximate surface area is 165 Å². The number of hydrogen-bond acceptors (Lipinski definition) is 4.